The van der Waals surface area contributed by atoms with Gasteiger partial charge in [-0.1, -0.05) is 74.1 Å². The van der Waals surface area contributed by atoms with E-state index in [1.54, 1.807) is 6.33 Å². The number of benzene rings is 1. The number of hydrogen-bond acceptors (Lipinski definition) is 2. The van der Waals surface area contributed by atoms with Gasteiger partial charge >= 0.3 is 0 Å². The van der Waals surface area contributed by atoms with Gasteiger partial charge in [0.1, 0.15) is 6.33 Å². The maximum atomic E-state index is 4.21. The van der Waals surface area contributed by atoms with E-state index < -0.39 is 0 Å². The minimum absolute atomic E-state index is 0. The molecular weight excluding hydrogens is 232 g/mol. The number of hydrogen-bond donors (Lipinski definition) is 0. The van der Waals surface area contributed by atoms with Crippen LogP contribution < -0.4 is 0 Å². The van der Waals surface area contributed by atoms with Gasteiger partial charge in [-0.15, -0.1) is 0 Å². The van der Waals surface area contributed by atoms with Gasteiger partial charge in [0, 0.05) is 5.39 Å². The second-order valence-corrected chi connectivity index (χ2v) is 2.69. The van der Waals surface area contributed by atoms with Gasteiger partial charge in [-0.3, -0.25) is 0 Å². The molecule has 1 aromatic carbocycles. The van der Waals surface area contributed by atoms with Crippen LogP contribution in [0.25, 0.3) is 10.9 Å². The predicted octanol–water partition coefficient (Wildman–Crippen LogP) is 5.91. The zero-order chi connectivity index (χ0) is 14.4. The topological polar surface area (TPSA) is 25.8 Å². The number of para-hydroxylation sites is 1. The molecule has 0 bridgehead atoms. The lowest BCUT2D eigenvalue weighted by Gasteiger charge is -2.00. The minimum Gasteiger partial charge on any atom is -0.241 e. The SMILES string of the molecule is C.CC.CC.CC.CCc1ncnc2ccccc12. The van der Waals surface area contributed by atoms with Gasteiger partial charge in [0.2, 0.25) is 0 Å². The molecule has 0 saturated carbocycles. The summed E-state index contributed by atoms with van der Waals surface area (Å²) >= 11 is 0. The third kappa shape index (κ3) is 7.55. The standard InChI is InChI=1S/C10H10N2.3C2H6.CH4/c1-2-9-8-5-3-4-6-10(8)12-7-11-9;3*1-2;/h3-7H,2H2,1H3;3*1-2H3;1H4. The quantitative estimate of drug-likeness (QED) is 0.640. The van der Waals surface area contributed by atoms with E-state index in [0.717, 1.165) is 17.6 Å². The van der Waals surface area contributed by atoms with Gasteiger partial charge in [-0.25, -0.2) is 9.97 Å². The third-order valence-corrected chi connectivity index (χ3v) is 1.96. The first-order valence-electron chi connectivity index (χ1n) is 7.10. The van der Waals surface area contributed by atoms with E-state index in [9.17, 15) is 0 Å². The number of rotatable bonds is 1. The lowest BCUT2D eigenvalue weighted by atomic mass is 10.1. The molecule has 0 aliphatic heterocycles. The van der Waals surface area contributed by atoms with Crippen LogP contribution in [0.3, 0.4) is 0 Å². The Hall–Kier alpha value is -1.44. The van der Waals surface area contributed by atoms with Crippen molar-refractivity contribution < 1.29 is 0 Å². The van der Waals surface area contributed by atoms with Gasteiger partial charge in [-0.05, 0) is 12.5 Å². The van der Waals surface area contributed by atoms with Gasteiger partial charge in [0.15, 0.2) is 0 Å². The highest BCUT2D eigenvalue weighted by molar-refractivity contribution is 5.80. The highest BCUT2D eigenvalue weighted by atomic mass is 14.8. The Morgan fingerprint density at radius 3 is 1.89 bits per heavy atom. The summed E-state index contributed by atoms with van der Waals surface area (Å²) in [6.45, 7) is 14.1. The minimum atomic E-state index is 0. The van der Waals surface area contributed by atoms with Crippen molar-refractivity contribution in [1.29, 1.82) is 0 Å². The molecule has 2 nitrogen and oxygen atoms in total. The Balaban J connectivity index is -0.000000325. The molecule has 2 aromatic rings. The van der Waals surface area contributed by atoms with Crippen molar-refractivity contribution >= 4 is 10.9 Å². The summed E-state index contributed by atoms with van der Waals surface area (Å²) < 4.78 is 0. The van der Waals surface area contributed by atoms with Crippen LogP contribution in [0.2, 0.25) is 0 Å². The molecule has 0 amide bonds. The average Bonchev–Trinajstić information content (AvgIpc) is 2.52. The van der Waals surface area contributed by atoms with Crippen LogP contribution >= 0.6 is 0 Å². The number of aryl methyl sites for hydroxylation is 1. The van der Waals surface area contributed by atoms with Gasteiger partial charge in [-0.2, -0.15) is 0 Å². The van der Waals surface area contributed by atoms with Crippen molar-refractivity contribution in [2.45, 2.75) is 62.3 Å². The lowest BCUT2D eigenvalue weighted by molar-refractivity contribution is 1.03. The Labute approximate surface area is 120 Å². The summed E-state index contributed by atoms with van der Waals surface area (Å²) in [7, 11) is 0. The van der Waals surface area contributed by atoms with Crippen molar-refractivity contribution in [3.05, 3.63) is 36.3 Å². The number of fused-ring (bicyclic) bond motifs is 1. The van der Waals surface area contributed by atoms with Crippen molar-refractivity contribution in [1.82, 2.24) is 9.97 Å². The molecule has 1 aromatic heterocycles. The van der Waals surface area contributed by atoms with Crippen LogP contribution in [0.1, 0.15) is 61.6 Å². The Morgan fingerprint density at radius 2 is 1.37 bits per heavy atom. The monoisotopic (exact) mass is 264 g/mol. The molecule has 1 heterocycles. The summed E-state index contributed by atoms with van der Waals surface area (Å²) in [5.41, 5.74) is 2.16. The van der Waals surface area contributed by atoms with Crippen LogP contribution in [-0.2, 0) is 6.42 Å². The van der Waals surface area contributed by atoms with Gasteiger partial charge in [0.05, 0.1) is 11.2 Å². The second-order valence-electron chi connectivity index (χ2n) is 2.69. The molecular formula is C17H32N2. The molecule has 0 fully saturated rings. The van der Waals surface area contributed by atoms with E-state index in [0.29, 0.717) is 0 Å². The molecule has 0 atom stereocenters. The van der Waals surface area contributed by atoms with Crippen LogP contribution in [0.15, 0.2) is 30.6 Å². The molecule has 110 valence electrons. The van der Waals surface area contributed by atoms with E-state index in [1.165, 1.54) is 5.39 Å². The van der Waals surface area contributed by atoms with Crippen LogP contribution in [0.5, 0.6) is 0 Å². The lowest BCUT2D eigenvalue weighted by Crippen LogP contribution is -1.90. The van der Waals surface area contributed by atoms with E-state index in [2.05, 4.69) is 23.0 Å². The average molecular weight is 264 g/mol. The molecule has 0 aliphatic carbocycles. The van der Waals surface area contributed by atoms with Gasteiger partial charge < -0.3 is 0 Å². The Kier molecular flexibility index (Phi) is 19.8. The summed E-state index contributed by atoms with van der Waals surface area (Å²) in [6, 6.07) is 8.09. The molecule has 0 saturated heterocycles. The molecule has 19 heavy (non-hydrogen) atoms. The fourth-order valence-electron chi connectivity index (χ4n) is 1.34. The zero-order valence-electron chi connectivity index (χ0n) is 13.0. The number of nitrogens with zero attached hydrogens (tertiary/aromatic N) is 2. The molecule has 0 N–H and O–H groups in total. The predicted molar refractivity (Wildman–Crippen MR) is 89.7 cm³/mol. The maximum Gasteiger partial charge on any atom is 0.116 e. The van der Waals surface area contributed by atoms with Crippen LogP contribution in [0.4, 0.5) is 0 Å². The largest absolute Gasteiger partial charge is 0.241 e. The summed E-state index contributed by atoms with van der Waals surface area (Å²) in [6.07, 6.45) is 2.59. The Morgan fingerprint density at radius 1 is 0.842 bits per heavy atom. The summed E-state index contributed by atoms with van der Waals surface area (Å²) in [5, 5.41) is 1.17. The van der Waals surface area contributed by atoms with Crippen molar-refractivity contribution in [3.63, 3.8) is 0 Å². The zero-order valence-corrected chi connectivity index (χ0v) is 13.0. The molecule has 0 aliphatic rings. The maximum absolute atomic E-state index is 4.21. The molecule has 0 unspecified atom stereocenters. The highest BCUT2D eigenvalue weighted by Gasteiger charge is 1.98. The highest BCUT2D eigenvalue weighted by Crippen LogP contribution is 2.13. The van der Waals surface area contributed by atoms with Crippen molar-refractivity contribution in [2.75, 3.05) is 0 Å². The van der Waals surface area contributed by atoms with Crippen LogP contribution in [0, 0.1) is 0 Å². The van der Waals surface area contributed by atoms with E-state index in [-0.39, 0.29) is 7.43 Å². The van der Waals surface area contributed by atoms with E-state index in [4.69, 9.17) is 0 Å². The first kappa shape index (κ1) is 22.7. The molecule has 0 spiro atoms. The van der Waals surface area contributed by atoms with E-state index in [1.807, 2.05) is 59.7 Å². The normalized spacial score (nSPS) is 7.53. The fourth-order valence-corrected chi connectivity index (χ4v) is 1.34. The first-order valence-corrected chi connectivity index (χ1v) is 7.10. The summed E-state index contributed by atoms with van der Waals surface area (Å²) in [4.78, 5) is 8.39. The molecule has 2 heteroatoms. The second kappa shape index (κ2) is 16.6. The third-order valence-electron chi connectivity index (χ3n) is 1.96. The van der Waals surface area contributed by atoms with Gasteiger partial charge in [0.25, 0.3) is 0 Å². The number of aromatic nitrogens is 2. The fraction of sp³-hybridized carbons (Fsp3) is 0.529. The van der Waals surface area contributed by atoms with E-state index >= 15 is 0 Å². The molecule has 0 radical (unpaired) electrons. The summed E-state index contributed by atoms with van der Waals surface area (Å²) in [5.74, 6) is 0. The molecule has 2 rings (SSSR count). The van der Waals surface area contributed by atoms with Crippen molar-refractivity contribution in [3.8, 4) is 0 Å². The van der Waals surface area contributed by atoms with Crippen molar-refractivity contribution in [2.24, 2.45) is 0 Å². The smallest absolute Gasteiger partial charge is 0.116 e. The van der Waals surface area contributed by atoms with Crippen LogP contribution in [-0.4, -0.2) is 9.97 Å². The first-order chi connectivity index (χ1) is 8.92. The Bertz CT molecular complexity index is 392.